The van der Waals surface area contributed by atoms with Crippen molar-refractivity contribution in [3.63, 3.8) is 0 Å². The van der Waals surface area contributed by atoms with Crippen molar-refractivity contribution in [2.24, 2.45) is 17.3 Å². The molecule has 0 spiro atoms. The first-order valence-corrected chi connectivity index (χ1v) is 8.27. The monoisotopic (exact) mass is 263 g/mol. The fraction of sp³-hybridized carbons (Fsp3) is 0.889. The molecule has 0 atom stereocenters. The molecule has 0 aromatic rings. The number of allylic oxidation sites excluding steroid dienone is 1. The van der Waals surface area contributed by atoms with Crippen molar-refractivity contribution in [2.75, 3.05) is 6.54 Å². The van der Waals surface area contributed by atoms with Gasteiger partial charge in [-0.2, -0.15) is 0 Å². The van der Waals surface area contributed by atoms with E-state index in [9.17, 15) is 0 Å². The maximum atomic E-state index is 3.78. The van der Waals surface area contributed by atoms with Crippen LogP contribution >= 0.6 is 0 Å². The third kappa shape index (κ3) is 3.62. The maximum Gasteiger partial charge on any atom is 0.00968 e. The summed E-state index contributed by atoms with van der Waals surface area (Å²) in [5.74, 6) is 1.80. The second-order valence-electron chi connectivity index (χ2n) is 8.27. The van der Waals surface area contributed by atoms with Crippen molar-refractivity contribution in [3.8, 4) is 0 Å². The van der Waals surface area contributed by atoms with Gasteiger partial charge in [0.1, 0.15) is 0 Å². The van der Waals surface area contributed by atoms with Crippen LogP contribution in [0.1, 0.15) is 73.1 Å². The minimum Gasteiger partial charge on any atom is -0.311 e. The van der Waals surface area contributed by atoms with Gasteiger partial charge in [-0.25, -0.2) is 0 Å². The minimum atomic E-state index is 0.241. The molecule has 0 amide bonds. The van der Waals surface area contributed by atoms with Gasteiger partial charge < -0.3 is 5.32 Å². The number of hydrogen-bond acceptors (Lipinski definition) is 1. The topological polar surface area (TPSA) is 12.0 Å². The second kappa shape index (κ2) is 5.60. The molecule has 0 aromatic heterocycles. The summed E-state index contributed by atoms with van der Waals surface area (Å²) in [7, 11) is 0. The molecule has 19 heavy (non-hydrogen) atoms. The van der Waals surface area contributed by atoms with Crippen LogP contribution in [-0.4, -0.2) is 12.1 Å². The highest BCUT2D eigenvalue weighted by atomic mass is 15.0. The van der Waals surface area contributed by atoms with Crippen molar-refractivity contribution in [1.82, 2.24) is 5.32 Å². The lowest BCUT2D eigenvalue weighted by Crippen LogP contribution is -2.51. The first-order chi connectivity index (χ1) is 8.82. The fourth-order valence-corrected chi connectivity index (χ4v) is 3.69. The molecule has 110 valence electrons. The molecular formula is C18H33N. The van der Waals surface area contributed by atoms with Gasteiger partial charge in [-0.05, 0) is 71.1 Å². The molecule has 0 bridgehead atoms. The molecule has 1 nitrogen and oxygen atoms in total. The summed E-state index contributed by atoms with van der Waals surface area (Å²) in [6.45, 7) is 12.8. The molecule has 0 heterocycles. The molecular weight excluding hydrogens is 230 g/mol. The zero-order valence-corrected chi connectivity index (χ0v) is 13.7. The Morgan fingerprint density at radius 1 is 1.26 bits per heavy atom. The lowest BCUT2D eigenvalue weighted by atomic mass is 9.54. The number of hydrogen-bond donors (Lipinski definition) is 1. The molecule has 1 heteroatoms. The summed E-state index contributed by atoms with van der Waals surface area (Å²) >= 11 is 0. The Bertz CT molecular complexity index is 326. The Morgan fingerprint density at radius 3 is 2.42 bits per heavy atom. The summed E-state index contributed by atoms with van der Waals surface area (Å²) < 4.78 is 0. The highest BCUT2D eigenvalue weighted by molar-refractivity contribution is 5.22. The van der Waals surface area contributed by atoms with Gasteiger partial charge in [0.05, 0.1) is 0 Å². The summed E-state index contributed by atoms with van der Waals surface area (Å²) in [6.07, 6.45) is 10.9. The Labute approximate surface area is 120 Å². The quantitative estimate of drug-likeness (QED) is 0.709. The summed E-state index contributed by atoms with van der Waals surface area (Å²) in [6, 6.07) is 0. The molecule has 0 aromatic carbocycles. The lowest BCUT2D eigenvalue weighted by molar-refractivity contribution is 0.0493. The van der Waals surface area contributed by atoms with Crippen molar-refractivity contribution < 1.29 is 0 Å². The lowest BCUT2D eigenvalue weighted by Gasteiger charge is -2.53. The van der Waals surface area contributed by atoms with Crippen LogP contribution in [0.5, 0.6) is 0 Å². The molecule has 1 fully saturated rings. The van der Waals surface area contributed by atoms with E-state index in [0.29, 0.717) is 5.41 Å². The van der Waals surface area contributed by atoms with Gasteiger partial charge in [0.25, 0.3) is 0 Å². The molecule has 1 N–H and O–H groups in total. The van der Waals surface area contributed by atoms with Crippen molar-refractivity contribution in [2.45, 2.75) is 78.7 Å². The highest BCUT2D eigenvalue weighted by Gasteiger charge is 2.47. The van der Waals surface area contributed by atoms with Crippen molar-refractivity contribution >= 4 is 0 Å². The van der Waals surface area contributed by atoms with Crippen LogP contribution in [-0.2, 0) is 0 Å². The highest BCUT2D eigenvalue weighted by Crippen LogP contribution is 2.55. The van der Waals surface area contributed by atoms with E-state index in [1.807, 2.05) is 0 Å². The first-order valence-electron chi connectivity index (χ1n) is 8.27. The Hall–Kier alpha value is -0.300. The SMILES string of the molecule is CC(C)C1CC(CNC(C)(C)C)(C2=CCCCC2)C1. The van der Waals surface area contributed by atoms with E-state index >= 15 is 0 Å². The molecule has 2 rings (SSSR count). The predicted octanol–water partition coefficient (Wildman–Crippen LogP) is 4.93. The maximum absolute atomic E-state index is 3.78. The number of nitrogens with one attached hydrogen (secondary N) is 1. The second-order valence-corrected chi connectivity index (χ2v) is 8.27. The van der Waals surface area contributed by atoms with E-state index in [1.54, 1.807) is 5.57 Å². The van der Waals surface area contributed by atoms with Crippen LogP contribution < -0.4 is 5.32 Å². The fourth-order valence-electron chi connectivity index (χ4n) is 3.69. The van der Waals surface area contributed by atoms with Crippen LogP contribution in [0.25, 0.3) is 0 Å². The number of rotatable bonds is 4. The van der Waals surface area contributed by atoms with Crippen LogP contribution in [0.4, 0.5) is 0 Å². The summed E-state index contributed by atoms with van der Waals surface area (Å²) in [5, 5.41) is 3.78. The normalized spacial score (nSPS) is 32.1. The average Bonchev–Trinajstić information content (AvgIpc) is 2.27. The minimum absolute atomic E-state index is 0.241. The Morgan fingerprint density at radius 2 is 1.95 bits per heavy atom. The van der Waals surface area contributed by atoms with Gasteiger partial charge in [-0.15, -0.1) is 0 Å². The van der Waals surface area contributed by atoms with Crippen LogP contribution in [0.3, 0.4) is 0 Å². The average molecular weight is 263 g/mol. The van der Waals surface area contributed by atoms with Gasteiger partial charge in [0.2, 0.25) is 0 Å². The van der Waals surface area contributed by atoms with Crippen LogP contribution in [0, 0.1) is 17.3 Å². The van der Waals surface area contributed by atoms with E-state index in [4.69, 9.17) is 0 Å². The van der Waals surface area contributed by atoms with E-state index in [2.05, 4.69) is 46.0 Å². The van der Waals surface area contributed by atoms with E-state index in [0.717, 1.165) is 11.8 Å². The first kappa shape index (κ1) is 15.1. The summed E-state index contributed by atoms with van der Waals surface area (Å²) in [4.78, 5) is 0. The van der Waals surface area contributed by atoms with Crippen molar-refractivity contribution in [3.05, 3.63) is 11.6 Å². The largest absolute Gasteiger partial charge is 0.311 e. The van der Waals surface area contributed by atoms with Crippen LogP contribution in [0.15, 0.2) is 11.6 Å². The molecule has 1 saturated carbocycles. The zero-order chi connectivity index (χ0) is 14.1. The van der Waals surface area contributed by atoms with Crippen molar-refractivity contribution in [1.29, 1.82) is 0 Å². The third-order valence-electron chi connectivity index (χ3n) is 5.18. The smallest absolute Gasteiger partial charge is 0.00968 e. The predicted molar refractivity (Wildman–Crippen MR) is 84.3 cm³/mol. The third-order valence-corrected chi connectivity index (χ3v) is 5.18. The van der Waals surface area contributed by atoms with Crippen LogP contribution in [0.2, 0.25) is 0 Å². The standard InChI is InChI=1S/C18H33N/c1-14(2)15-11-18(12-15,13-19-17(3,4)5)16-9-7-6-8-10-16/h9,14-15,19H,6-8,10-13H2,1-5H3. The molecule has 0 radical (unpaired) electrons. The molecule has 0 aliphatic heterocycles. The Kier molecular flexibility index (Phi) is 4.45. The summed E-state index contributed by atoms with van der Waals surface area (Å²) in [5.41, 5.74) is 2.53. The van der Waals surface area contributed by atoms with Gasteiger partial charge in [0, 0.05) is 17.5 Å². The molecule has 2 aliphatic carbocycles. The van der Waals surface area contributed by atoms with Gasteiger partial charge >= 0.3 is 0 Å². The zero-order valence-electron chi connectivity index (χ0n) is 13.7. The van der Waals surface area contributed by atoms with Gasteiger partial charge in [-0.1, -0.05) is 25.5 Å². The molecule has 0 saturated heterocycles. The van der Waals surface area contributed by atoms with E-state index in [-0.39, 0.29) is 5.54 Å². The van der Waals surface area contributed by atoms with E-state index < -0.39 is 0 Å². The molecule has 2 aliphatic rings. The molecule has 0 unspecified atom stereocenters. The van der Waals surface area contributed by atoms with E-state index in [1.165, 1.54) is 45.1 Å². The van der Waals surface area contributed by atoms with Gasteiger partial charge in [-0.3, -0.25) is 0 Å². The van der Waals surface area contributed by atoms with Gasteiger partial charge in [0.15, 0.2) is 0 Å². The Balaban J connectivity index is 2.04.